The van der Waals surface area contributed by atoms with Crippen LogP contribution in [0.3, 0.4) is 0 Å². The predicted octanol–water partition coefficient (Wildman–Crippen LogP) is 1.18. The quantitative estimate of drug-likeness (QED) is 0.530. The Labute approximate surface area is 181 Å². The highest BCUT2D eigenvalue weighted by Crippen LogP contribution is 2.62. The molecule has 0 aromatic heterocycles. The first-order valence-corrected chi connectivity index (χ1v) is 10.7. The average molecular weight is 424 g/mol. The summed E-state index contributed by atoms with van der Waals surface area (Å²) in [7, 11) is 3.80. The third-order valence-electron chi connectivity index (χ3n) is 7.87. The first-order valence-electron chi connectivity index (χ1n) is 10.7. The van der Waals surface area contributed by atoms with Crippen LogP contribution in [0, 0.1) is 5.41 Å². The average Bonchev–Trinajstić information content (AvgIpc) is 3.40. The van der Waals surface area contributed by atoms with Gasteiger partial charge in [0.2, 0.25) is 5.91 Å². The normalized spacial score (nSPS) is 38.9. The second-order valence-electron chi connectivity index (χ2n) is 9.89. The number of hydrogen-bond acceptors (Lipinski definition) is 6. The molecule has 0 aromatic carbocycles. The molecule has 4 aliphatic carbocycles. The highest BCUT2D eigenvalue weighted by Gasteiger charge is 2.69. The summed E-state index contributed by atoms with van der Waals surface area (Å²) in [6.07, 6.45) is 5.33. The third kappa shape index (κ3) is 2.29. The Balaban J connectivity index is 1.74. The van der Waals surface area contributed by atoms with Crippen molar-refractivity contribution in [2.75, 3.05) is 14.1 Å². The Morgan fingerprint density at radius 2 is 1.97 bits per heavy atom. The molecule has 5 aliphatic rings. The molecule has 7 heteroatoms. The number of likely N-dealkylation sites (N-methyl/N-ethyl adjacent to an activating group) is 1. The molecule has 7 nitrogen and oxygen atoms in total. The maximum Gasteiger partial charge on any atom is 0.249 e. The number of carbonyl (C=O) groups excluding carboxylic acids is 2. The third-order valence-corrected chi connectivity index (χ3v) is 7.87. The van der Waals surface area contributed by atoms with Gasteiger partial charge in [-0.2, -0.15) is 0 Å². The first kappa shape index (κ1) is 20.4. The lowest BCUT2D eigenvalue weighted by molar-refractivity contribution is -0.125. The molecule has 5 rings (SSSR count). The van der Waals surface area contributed by atoms with E-state index in [0.29, 0.717) is 22.3 Å². The van der Waals surface area contributed by atoms with Gasteiger partial charge >= 0.3 is 0 Å². The molecule has 164 valence electrons. The van der Waals surface area contributed by atoms with Gasteiger partial charge in [-0.05, 0) is 64.4 Å². The highest BCUT2D eigenvalue weighted by atomic mass is 16.3. The van der Waals surface area contributed by atoms with Crippen molar-refractivity contribution in [3.8, 4) is 0 Å². The molecule has 5 N–H and O–H groups in total. The van der Waals surface area contributed by atoms with E-state index in [4.69, 9.17) is 5.73 Å². The van der Waals surface area contributed by atoms with Crippen LogP contribution in [0.2, 0.25) is 0 Å². The number of nitrogens with one attached hydrogen (secondary N) is 1. The standard InChI is InChI=1S/C24H29N3O4/c1-10-7-6-8-12-14(10)18(28)16-19(23(12,3)31)26-20-17(27(4)5)11(2)15(22(25)30)13-9-24(13,20)21(16)29/h8-9,17,19-20,26,28,31H,6-7H2,1-5H3,(H2,25,30)/t17-,19?,20?,23-,24-/m1/s1. The lowest BCUT2D eigenvalue weighted by atomic mass is 9.61. The van der Waals surface area contributed by atoms with E-state index in [2.05, 4.69) is 5.32 Å². The number of carbonyl (C=O) groups is 2. The van der Waals surface area contributed by atoms with Gasteiger partial charge in [0.05, 0.1) is 17.0 Å². The van der Waals surface area contributed by atoms with Gasteiger partial charge in [0.1, 0.15) is 11.4 Å². The van der Waals surface area contributed by atoms with E-state index >= 15 is 0 Å². The van der Waals surface area contributed by atoms with Crippen molar-refractivity contribution in [1.82, 2.24) is 10.2 Å². The summed E-state index contributed by atoms with van der Waals surface area (Å²) >= 11 is 0. The van der Waals surface area contributed by atoms with Crippen LogP contribution < -0.4 is 11.1 Å². The number of primary amides is 1. The number of fused-ring (bicyclic) bond motifs is 2. The van der Waals surface area contributed by atoms with Crippen LogP contribution in [0.4, 0.5) is 0 Å². The van der Waals surface area contributed by atoms with Gasteiger partial charge in [0.25, 0.3) is 0 Å². The van der Waals surface area contributed by atoms with Crippen LogP contribution in [0.5, 0.6) is 0 Å². The van der Waals surface area contributed by atoms with E-state index in [9.17, 15) is 19.8 Å². The number of ketones is 1. The fraction of sp³-hybridized carbons (Fsp3) is 0.500. The zero-order valence-electron chi connectivity index (χ0n) is 18.5. The number of amides is 1. The number of nitrogens with two attached hydrogens (primary N) is 1. The Morgan fingerprint density at radius 1 is 1.29 bits per heavy atom. The van der Waals surface area contributed by atoms with E-state index in [0.717, 1.165) is 24.0 Å². The number of aliphatic hydroxyl groups is 2. The summed E-state index contributed by atoms with van der Waals surface area (Å²) in [5.41, 5.74) is 7.57. The maximum atomic E-state index is 14.0. The van der Waals surface area contributed by atoms with E-state index in [1.165, 1.54) is 0 Å². The number of hydrogen-bond donors (Lipinski definition) is 4. The van der Waals surface area contributed by atoms with Crippen molar-refractivity contribution in [3.63, 3.8) is 0 Å². The number of nitrogens with zero attached hydrogens (tertiary/aromatic N) is 1. The van der Waals surface area contributed by atoms with Crippen molar-refractivity contribution >= 4 is 11.7 Å². The molecule has 2 unspecified atom stereocenters. The van der Waals surface area contributed by atoms with Crippen LogP contribution >= 0.6 is 0 Å². The molecule has 1 amide bonds. The van der Waals surface area contributed by atoms with Crippen molar-refractivity contribution in [3.05, 3.63) is 56.9 Å². The molecule has 1 aliphatic heterocycles. The Kier molecular flexibility index (Phi) is 3.99. The molecule has 31 heavy (non-hydrogen) atoms. The zero-order chi connectivity index (χ0) is 22.6. The van der Waals surface area contributed by atoms with Crippen LogP contribution in [0.1, 0.15) is 33.6 Å². The number of rotatable bonds is 2. The Bertz CT molecular complexity index is 1120. The van der Waals surface area contributed by atoms with Gasteiger partial charge in [-0.15, -0.1) is 0 Å². The van der Waals surface area contributed by atoms with Gasteiger partial charge in [-0.3, -0.25) is 9.59 Å². The predicted molar refractivity (Wildman–Crippen MR) is 116 cm³/mol. The molecule has 1 fully saturated rings. The van der Waals surface area contributed by atoms with Crippen molar-refractivity contribution in [2.45, 2.75) is 57.3 Å². The Morgan fingerprint density at radius 3 is 2.58 bits per heavy atom. The summed E-state index contributed by atoms with van der Waals surface area (Å²) in [5.74, 6) is -0.860. The van der Waals surface area contributed by atoms with Crippen LogP contribution in [0.25, 0.3) is 0 Å². The van der Waals surface area contributed by atoms with E-state index in [-0.39, 0.29) is 29.2 Å². The summed E-state index contributed by atoms with van der Waals surface area (Å²) in [6.45, 7) is 5.51. The van der Waals surface area contributed by atoms with Crippen LogP contribution in [-0.2, 0) is 9.59 Å². The van der Waals surface area contributed by atoms with Crippen molar-refractivity contribution in [2.24, 2.45) is 11.1 Å². The minimum Gasteiger partial charge on any atom is -0.507 e. The SMILES string of the molecule is CC1=C2C(=CCC1)[C@@](C)(O)C1NC3[C@H](N(C)C)C(C)=C(C(N)=O)C4=C[C@@]43C(=O)C1=C2O. The van der Waals surface area contributed by atoms with Crippen LogP contribution in [-0.4, -0.2) is 64.6 Å². The van der Waals surface area contributed by atoms with Gasteiger partial charge in [0.15, 0.2) is 5.78 Å². The fourth-order valence-corrected chi connectivity index (χ4v) is 6.43. The monoisotopic (exact) mass is 423 g/mol. The van der Waals surface area contributed by atoms with E-state index in [1.807, 2.05) is 38.9 Å². The molecule has 0 bridgehead atoms. The molecule has 1 spiro atoms. The molecule has 0 aromatic rings. The maximum absolute atomic E-state index is 14.0. The van der Waals surface area contributed by atoms with Crippen molar-refractivity contribution < 1.29 is 19.8 Å². The second-order valence-corrected chi connectivity index (χ2v) is 9.89. The van der Waals surface area contributed by atoms with Gasteiger partial charge in [-0.1, -0.05) is 17.7 Å². The molecule has 1 heterocycles. The fourth-order valence-electron chi connectivity index (χ4n) is 6.43. The summed E-state index contributed by atoms with van der Waals surface area (Å²) < 4.78 is 0. The molecule has 5 atom stereocenters. The van der Waals surface area contributed by atoms with Gasteiger partial charge in [-0.25, -0.2) is 0 Å². The minimum absolute atomic E-state index is 0.0572. The smallest absolute Gasteiger partial charge is 0.249 e. The number of allylic oxidation sites excluding steroid dienone is 3. The van der Waals surface area contributed by atoms with Crippen molar-refractivity contribution in [1.29, 1.82) is 0 Å². The molecular formula is C24H29N3O4. The van der Waals surface area contributed by atoms with Crippen LogP contribution in [0.15, 0.2) is 56.9 Å². The summed E-state index contributed by atoms with van der Waals surface area (Å²) in [5, 5.41) is 26.5. The first-order chi connectivity index (χ1) is 14.5. The van der Waals surface area contributed by atoms with Gasteiger partial charge < -0.3 is 26.2 Å². The van der Waals surface area contributed by atoms with E-state index in [1.54, 1.807) is 13.0 Å². The highest BCUT2D eigenvalue weighted by molar-refractivity contribution is 6.16. The molecular weight excluding hydrogens is 394 g/mol. The lowest BCUT2D eigenvalue weighted by Crippen LogP contribution is -2.70. The molecule has 1 saturated heterocycles. The number of piperidine rings is 1. The number of aliphatic hydroxyl groups excluding tert-OH is 1. The summed E-state index contributed by atoms with van der Waals surface area (Å²) in [6, 6.07) is -1.40. The molecule has 0 saturated carbocycles. The second kappa shape index (κ2) is 6.06. The minimum atomic E-state index is -1.36. The van der Waals surface area contributed by atoms with Gasteiger partial charge in [0, 0.05) is 23.2 Å². The Hall–Kier alpha value is -2.48. The largest absolute Gasteiger partial charge is 0.507 e. The summed E-state index contributed by atoms with van der Waals surface area (Å²) in [4.78, 5) is 28.3. The topological polar surface area (TPSA) is 116 Å². The number of Topliss-reactive ketones (excluding diaryl/α,β-unsaturated/α-hetero) is 1. The zero-order valence-corrected chi connectivity index (χ0v) is 18.5. The lowest BCUT2D eigenvalue weighted by Gasteiger charge is -2.53. The molecule has 0 radical (unpaired) electrons. The van der Waals surface area contributed by atoms with E-state index < -0.39 is 23.0 Å².